The molecule has 9 heteroatoms. The summed E-state index contributed by atoms with van der Waals surface area (Å²) in [5.74, 6) is -0.180. The highest BCUT2D eigenvalue weighted by atomic mass is 79.9. The highest BCUT2D eigenvalue weighted by Gasteiger charge is 2.15. The van der Waals surface area contributed by atoms with Gasteiger partial charge < -0.3 is 15.4 Å². The third-order valence-electron chi connectivity index (χ3n) is 3.35. The third kappa shape index (κ3) is 7.78. The fraction of sp³-hybridized carbons (Fsp3) is 0.444. The molecule has 0 bridgehead atoms. The second-order valence-corrected chi connectivity index (χ2v) is 7.53. The standard InChI is InChI=1S/C18H24BrN5O3/c1-18(2,3)27-17(26)20-9-8-13-4-6-14(7-5-13)21-16(25)12-24-11-15(10-19)22-23-24/h4-7,11H,8-10,12H2,1-3H3,(H,20,26)(H,21,25). The molecular formula is C18H24BrN5O3. The maximum Gasteiger partial charge on any atom is 0.407 e. The first-order chi connectivity index (χ1) is 12.7. The van der Waals surface area contributed by atoms with Crippen molar-refractivity contribution in [3.05, 3.63) is 41.7 Å². The lowest BCUT2D eigenvalue weighted by Crippen LogP contribution is -2.33. The summed E-state index contributed by atoms with van der Waals surface area (Å²) in [6, 6.07) is 7.47. The number of carbonyl (C=O) groups is 2. The number of benzene rings is 1. The minimum atomic E-state index is -0.508. The van der Waals surface area contributed by atoms with Crippen molar-refractivity contribution < 1.29 is 14.3 Å². The van der Waals surface area contributed by atoms with Crippen LogP contribution in [0.4, 0.5) is 10.5 Å². The zero-order chi connectivity index (χ0) is 19.9. The van der Waals surface area contributed by atoms with Crippen LogP contribution < -0.4 is 10.6 Å². The Morgan fingerprint density at radius 3 is 2.52 bits per heavy atom. The monoisotopic (exact) mass is 437 g/mol. The van der Waals surface area contributed by atoms with E-state index in [4.69, 9.17) is 4.74 Å². The van der Waals surface area contributed by atoms with Gasteiger partial charge in [-0.25, -0.2) is 9.48 Å². The molecule has 2 rings (SSSR count). The van der Waals surface area contributed by atoms with Gasteiger partial charge in [-0.3, -0.25) is 4.79 Å². The molecule has 1 aromatic carbocycles. The van der Waals surface area contributed by atoms with Crippen LogP contribution in [0.2, 0.25) is 0 Å². The van der Waals surface area contributed by atoms with Gasteiger partial charge in [-0.1, -0.05) is 33.3 Å². The normalized spacial score (nSPS) is 11.1. The molecule has 0 saturated carbocycles. The largest absolute Gasteiger partial charge is 0.444 e. The first-order valence-electron chi connectivity index (χ1n) is 8.56. The number of hydrogen-bond acceptors (Lipinski definition) is 5. The van der Waals surface area contributed by atoms with Crippen molar-refractivity contribution in [3.8, 4) is 0 Å². The smallest absolute Gasteiger partial charge is 0.407 e. The summed E-state index contributed by atoms with van der Waals surface area (Å²) in [5, 5.41) is 13.9. The number of nitrogens with one attached hydrogen (secondary N) is 2. The van der Waals surface area contributed by atoms with Crippen LogP contribution in [0.5, 0.6) is 0 Å². The lowest BCUT2D eigenvalue weighted by atomic mass is 10.1. The van der Waals surface area contributed by atoms with Gasteiger partial charge in [0.25, 0.3) is 0 Å². The number of hydrogen-bond donors (Lipinski definition) is 2. The fourth-order valence-corrected chi connectivity index (χ4v) is 2.46. The van der Waals surface area contributed by atoms with Crippen LogP contribution in [0, 0.1) is 0 Å². The van der Waals surface area contributed by atoms with E-state index in [2.05, 4.69) is 36.9 Å². The van der Waals surface area contributed by atoms with Gasteiger partial charge in [0.05, 0.1) is 5.69 Å². The highest BCUT2D eigenvalue weighted by molar-refractivity contribution is 9.08. The maximum atomic E-state index is 12.1. The topological polar surface area (TPSA) is 98.1 Å². The lowest BCUT2D eigenvalue weighted by molar-refractivity contribution is -0.116. The summed E-state index contributed by atoms with van der Waals surface area (Å²) in [7, 11) is 0. The van der Waals surface area contributed by atoms with Crippen molar-refractivity contribution in [3.63, 3.8) is 0 Å². The van der Waals surface area contributed by atoms with Crippen LogP contribution in [-0.2, 0) is 27.8 Å². The predicted octanol–water partition coefficient (Wildman–Crippen LogP) is 2.88. The van der Waals surface area contributed by atoms with Crippen LogP contribution in [0.3, 0.4) is 0 Å². The van der Waals surface area contributed by atoms with E-state index in [1.165, 1.54) is 4.68 Å². The summed E-state index contributed by atoms with van der Waals surface area (Å²) >= 11 is 3.29. The molecule has 2 amide bonds. The summed E-state index contributed by atoms with van der Waals surface area (Å²) < 4.78 is 6.67. The molecule has 0 spiro atoms. The Hall–Kier alpha value is -2.42. The zero-order valence-electron chi connectivity index (χ0n) is 15.7. The van der Waals surface area contributed by atoms with Gasteiger partial charge >= 0.3 is 6.09 Å². The van der Waals surface area contributed by atoms with Crippen LogP contribution in [-0.4, -0.2) is 39.1 Å². The van der Waals surface area contributed by atoms with Crippen LogP contribution in [0.1, 0.15) is 32.0 Å². The van der Waals surface area contributed by atoms with E-state index in [9.17, 15) is 9.59 Å². The van der Waals surface area contributed by atoms with Gasteiger partial charge in [0, 0.05) is 23.8 Å². The quantitative estimate of drug-likeness (QED) is 0.648. The molecular weight excluding hydrogens is 414 g/mol. The van der Waals surface area contributed by atoms with Gasteiger partial charge in [-0.05, 0) is 44.9 Å². The minimum absolute atomic E-state index is 0.0988. The Balaban J connectivity index is 1.75. The van der Waals surface area contributed by atoms with Crippen molar-refractivity contribution >= 4 is 33.6 Å². The van der Waals surface area contributed by atoms with E-state index in [-0.39, 0.29) is 12.5 Å². The molecule has 8 nitrogen and oxygen atoms in total. The molecule has 0 aliphatic carbocycles. The van der Waals surface area contributed by atoms with Crippen molar-refractivity contribution in [1.82, 2.24) is 20.3 Å². The van der Waals surface area contributed by atoms with E-state index in [1.54, 1.807) is 6.20 Å². The summed E-state index contributed by atoms with van der Waals surface area (Å²) in [6.07, 6.45) is 1.96. The molecule has 0 radical (unpaired) electrons. The number of carbonyl (C=O) groups excluding carboxylic acids is 2. The van der Waals surface area contributed by atoms with Crippen molar-refractivity contribution in [2.45, 2.75) is 44.7 Å². The summed E-state index contributed by atoms with van der Waals surface area (Å²) in [6.45, 7) is 6.04. The van der Waals surface area contributed by atoms with E-state index in [0.29, 0.717) is 24.0 Å². The molecule has 0 atom stereocenters. The van der Waals surface area contributed by atoms with Crippen LogP contribution in [0.25, 0.3) is 0 Å². The van der Waals surface area contributed by atoms with Gasteiger partial charge in [0.15, 0.2) is 0 Å². The number of alkyl carbamates (subject to hydrolysis) is 1. The predicted molar refractivity (Wildman–Crippen MR) is 106 cm³/mol. The first kappa shape index (κ1) is 20.9. The van der Waals surface area contributed by atoms with Crippen molar-refractivity contribution in [2.24, 2.45) is 0 Å². The highest BCUT2D eigenvalue weighted by Crippen LogP contribution is 2.11. The number of rotatable bonds is 7. The zero-order valence-corrected chi connectivity index (χ0v) is 17.2. The maximum absolute atomic E-state index is 12.1. The van der Waals surface area contributed by atoms with Crippen LogP contribution >= 0.6 is 15.9 Å². The van der Waals surface area contributed by atoms with E-state index < -0.39 is 11.7 Å². The molecule has 146 valence electrons. The summed E-state index contributed by atoms with van der Waals surface area (Å²) in [5.41, 5.74) is 2.01. The number of amides is 2. The minimum Gasteiger partial charge on any atom is -0.444 e. The molecule has 0 unspecified atom stereocenters. The molecule has 27 heavy (non-hydrogen) atoms. The average Bonchev–Trinajstić information content (AvgIpc) is 3.02. The fourth-order valence-electron chi connectivity index (χ4n) is 2.20. The van der Waals surface area contributed by atoms with Crippen molar-refractivity contribution in [2.75, 3.05) is 11.9 Å². The number of anilines is 1. The van der Waals surface area contributed by atoms with Gasteiger partial charge in [0.2, 0.25) is 5.91 Å². The number of ether oxygens (including phenoxy) is 1. The third-order valence-corrected chi connectivity index (χ3v) is 3.92. The second kappa shape index (κ2) is 9.50. The van der Waals surface area contributed by atoms with E-state index in [0.717, 1.165) is 11.3 Å². The van der Waals surface area contributed by atoms with Gasteiger partial charge in [-0.15, -0.1) is 5.10 Å². The molecule has 2 aromatic rings. The number of aromatic nitrogens is 3. The van der Waals surface area contributed by atoms with E-state index >= 15 is 0 Å². The number of alkyl halides is 1. The second-order valence-electron chi connectivity index (χ2n) is 6.96. The molecule has 0 saturated heterocycles. The first-order valence-corrected chi connectivity index (χ1v) is 9.68. The van der Waals surface area contributed by atoms with E-state index in [1.807, 2.05) is 45.0 Å². The molecule has 1 heterocycles. The Morgan fingerprint density at radius 2 is 1.93 bits per heavy atom. The lowest BCUT2D eigenvalue weighted by Gasteiger charge is -2.19. The number of halogens is 1. The molecule has 0 aliphatic rings. The van der Waals surface area contributed by atoms with Crippen molar-refractivity contribution in [1.29, 1.82) is 0 Å². The van der Waals surface area contributed by atoms with Gasteiger partial charge in [0.1, 0.15) is 12.1 Å². The molecule has 2 N–H and O–H groups in total. The Bertz CT molecular complexity index is 768. The number of nitrogens with zero attached hydrogens (tertiary/aromatic N) is 3. The average molecular weight is 438 g/mol. The SMILES string of the molecule is CC(C)(C)OC(=O)NCCc1ccc(NC(=O)Cn2cc(CBr)nn2)cc1. The Labute approximate surface area is 166 Å². The van der Waals surface area contributed by atoms with Crippen LogP contribution in [0.15, 0.2) is 30.5 Å². The molecule has 1 aromatic heterocycles. The Kier molecular flexibility index (Phi) is 7.35. The Morgan fingerprint density at radius 1 is 1.22 bits per heavy atom. The molecule has 0 aliphatic heterocycles. The molecule has 0 fully saturated rings. The summed E-state index contributed by atoms with van der Waals surface area (Å²) in [4.78, 5) is 23.7. The van der Waals surface area contributed by atoms with Gasteiger partial charge in [-0.2, -0.15) is 0 Å².